The van der Waals surface area contributed by atoms with E-state index in [0.29, 0.717) is 12.5 Å². The molecule has 0 spiro atoms. The predicted molar refractivity (Wildman–Crippen MR) is 107 cm³/mol. The highest BCUT2D eigenvalue weighted by molar-refractivity contribution is 5.81. The molecule has 2 N–H and O–H groups in total. The second kappa shape index (κ2) is 8.21. The summed E-state index contributed by atoms with van der Waals surface area (Å²) in [4.78, 5) is 10.3. The summed E-state index contributed by atoms with van der Waals surface area (Å²) < 4.78 is 5.54. The number of rotatable bonds is 6. The van der Waals surface area contributed by atoms with E-state index >= 15 is 0 Å². The zero-order valence-electron chi connectivity index (χ0n) is 15.8. The maximum absolute atomic E-state index is 10.6. The van der Waals surface area contributed by atoms with Gasteiger partial charge in [0.1, 0.15) is 5.65 Å². The number of aromatic amines is 1. The van der Waals surface area contributed by atoms with Crippen LogP contribution >= 0.6 is 0 Å². The van der Waals surface area contributed by atoms with Gasteiger partial charge in [-0.2, -0.15) is 0 Å². The molecule has 1 saturated heterocycles. The highest BCUT2D eigenvalue weighted by Crippen LogP contribution is 2.33. The van der Waals surface area contributed by atoms with Crippen molar-refractivity contribution in [3.05, 3.63) is 65.5 Å². The molecular formula is C22H27N3O2. The molecule has 3 aromatic rings. The van der Waals surface area contributed by atoms with Crippen LogP contribution in [0.5, 0.6) is 0 Å². The number of pyridine rings is 1. The number of hydrogen-bond acceptors (Lipinski definition) is 4. The van der Waals surface area contributed by atoms with Gasteiger partial charge < -0.3 is 14.8 Å². The molecule has 0 bridgehead atoms. The molecule has 142 valence electrons. The van der Waals surface area contributed by atoms with E-state index in [1.165, 1.54) is 16.6 Å². The van der Waals surface area contributed by atoms with Crippen LogP contribution in [0.3, 0.4) is 0 Å². The van der Waals surface area contributed by atoms with Crippen LogP contribution < -0.4 is 0 Å². The lowest BCUT2D eigenvalue weighted by Gasteiger charge is -2.25. The van der Waals surface area contributed by atoms with Crippen molar-refractivity contribution in [3.63, 3.8) is 0 Å². The molecule has 0 aliphatic carbocycles. The monoisotopic (exact) mass is 365 g/mol. The standard InChI is InChI=1S/C22H27N3O2/c1-25(15-20(26)16-6-3-2-4-7-16)14-19-18-8-5-11-23-22(18)24-21(19)17-9-12-27-13-10-17/h2-8,11,17,20,26H,9-10,12-15H2,1H3,(H,23,24)/t20-/m0/s1. The van der Waals surface area contributed by atoms with Crippen molar-refractivity contribution in [2.75, 3.05) is 26.8 Å². The number of aromatic nitrogens is 2. The highest BCUT2D eigenvalue weighted by atomic mass is 16.5. The molecule has 1 fully saturated rings. The molecule has 2 aromatic heterocycles. The minimum atomic E-state index is -0.494. The van der Waals surface area contributed by atoms with Crippen molar-refractivity contribution >= 4 is 11.0 Å². The van der Waals surface area contributed by atoms with Gasteiger partial charge in [0.15, 0.2) is 0 Å². The second-order valence-electron chi connectivity index (χ2n) is 7.43. The lowest BCUT2D eigenvalue weighted by atomic mass is 9.93. The fourth-order valence-electron chi connectivity index (χ4n) is 4.01. The van der Waals surface area contributed by atoms with Crippen LogP contribution in [0.2, 0.25) is 0 Å². The van der Waals surface area contributed by atoms with E-state index < -0.39 is 6.10 Å². The number of aliphatic hydroxyl groups excluding tert-OH is 1. The van der Waals surface area contributed by atoms with Crippen LogP contribution in [0, 0.1) is 0 Å². The number of ether oxygens (including phenoxy) is 1. The molecule has 4 rings (SSSR count). The highest BCUT2D eigenvalue weighted by Gasteiger charge is 2.24. The summed E-state index contributed by atoms with van der Waals surface area (Å²) in [5.74, 6) is 0.482. The van der Waals surface area contributed by atoms with Crippen molar-refractivity contribution in [2.24, 2.45) is 0 Å². The van der Waals surface area contributed by atoms with Crippen molar-refractivity contribution < 1.29 is 9.84 Å². The number of nitrogens with zero attached hydrogens (tertiary/aromatic N) is 2. The number of H-pyrrole nitrogens is 1. The summed E-state index contributed by atoms with van der Waals surface area (Å²) in [6.45, 7) is 3.00. The molecule has 0 amide bonds. The molecule has 5 heteroatoms. The molecular weight excluding hydrogens is 338 g/mol. The van der Waals surface area contributed by atoms with Gasteiger partial charge in [0, 0.05) is 49.5 Å². The first-order valence-corrected chi connectivity index (χ1v) is 9.67. The lowest BCUT2D eigenvalue weighted by Crippen LogP contribution is -2.25. The SMILES string of the molecule is CN(Cc1c(C2CCOCC2)[nH]c2ncccc12)C[C@H](O)c1ccccc1. The molecule has 27 heavy (non-hydrogen) atoms. The van der Waals surface area contributed by atoms with Crippen LogP contribution in [0.1, 0.15) is 41.7 Å². The van der Waals surface area contributed by atoms with Crippen molar-refractivity contribution in [3.8, 4) is 0 Å². The molecule has 5 nitrogen and oxygen atoms in total. The summed E-state index contributed by atoms with van der Waals surface area (Å²) >= 11 is 0. The van der Waals surface area contributed by atoms with Gasteiger partial charge in [-0.15, -0.1) is 0 Å². The molecule has 3 heterocycles. The number of benzene rings is 1. The average molecular weight is 365 g/mol. The van der Waals surface area contributed by atoms with E-state index in [1.54, 1.807) is 0 Å². The first kappa shape index (κ1) is 18.2. The van der Waals surface area contributed by atoms with Gasteiger partial charge in [-0.3, -0.25) is 4.90 Å². The predicted octanol–water partition coefficient (Wildman–Crippen LogP) is 3.62. The van der Waals surface area contributed by atoms with Crippen molar-refractivity contribution in [2.45, 2.75) is 31.4 Å². The fourth-order valence-corrected chi connectivity index (χ4v) is 4.01. The molecule has 0 radical (unpaired) electrons. The van der Waals surface area contributed by atoms with Crippen LogP contribution in [-0.4, -0.2) is 46.8 Å². The fraction of sp³-hybridized carbons (Fsp3) is 0.409. The minimum Gasteiger partial charge on any atom is -0.387 e. The van der Waals surface area contributed by atoms with E-state index in [2.05, 4.69) is 28.0 Å². The minimum absolute atomic E-state index is 0.482. The summed E-state index contributed by atoms with van der Waals surface area (Å²) in [5.41, 5.74) is 4.49. The van der Waals surface area contributed by atoms with Crippen molar-refractivity contribution in [1.29, 1.82) is 0 Å². The second-order valence-corrected chi connectivity index (χ2v) is 7.43. The lowest BCUT2D eigenvalue weighted by molar-refractivity contribution is 0.0841. The van der Waals surface area contributed by atoms with Crippen LogP contribution in [-0.2, 0) is 11.3 Å². The van der Waals surface area contributed by atoms with E-state index in [9.17, 15) is 5.11 Å². The Balaban J connectivity index is 1.56. The Hall–Kier alpha value is -2.21. The Morgan fingerprint density at radius 1 is 1.19 bits per heavy atom. The Labute approximate surface area is 160 Å². The van der Waals surface area contributed by atoms with E-state index in [4.69, 9.17) is 4.74 Å². The van der Waals surface area contributed by atoms with Crippen LogP contribution in [0.4, 0.5) is 0 Å². The smallest absolute Gasteiger partial charge is 0.137 e. The number of nitrogens with one attached hydrogen (secondary N) is 1. The van der Waals surface area contributed by atoms with E-state index in [0.717, 1.165) is 43.8 Å². The normalized spacial score (nSPS) is 16.9. The largest absolute Gasteiger partial charge is 0.387 e. The molecule has 0 saturated carbocycles. The van der Waals surface area contributed by atoms with Gasteiger partial charge in [-0.1, -0.05) is 30.3 Å². The third-order valence-electron chi connectivity index (χ3n) is 5.44. The van der Waals surface area contributed by atoms with E-state index in [-0.39, 0.29) is 0 Å². The Bertz CT molecular complexity index is 872. The van der Waals surface area contributed by atoms with Gasteiger partial charge in [0.25, 0.3) is 0 Å². The summed E-state index contributed by atoms with van der Waals surface area (Å²) in [6.07, 6.45) is 3.41. The maximum atomic E-state index is 10.6. The quantitative estimate of drug-likeness (QED) is 0.700. The third-order valence-corrected chi connectivity index (χ3v) is 5.44. The summed E-state index contributed by atoms with van der Waals surface area (Å²) in [6, 6.07) is 14.0. The molecule has 1 aromatic carbocycles. The maximum Gasteiger partial charge on any atom is 0.137 e. The number of aliphatic hydroxyl groups is 1. The van der Waals surface area contributed by atoms with Crippen LogP contribution in [0.15, 0.2) is 48.7 Å². The van der Waals surface area contributed by atoms with Gasteiger partial charge in [0.2, 0.25) is 0 Å². The van der Waals surface area contributed by atoms with Crippen LogP contribution in [0.25, 0.3) is 11.0 Å². The number of hydrogen-bond donors (Lipinski definition) is 2. The summed E-state index contributed by atoms with van der Waals surface area (Å²) in [5, 5.41) is 11.8. The van der Waals surface area contributed by atoms with Gasteiger partial charge in [-0.05, 0) is 43.1 Å². The zero-order valence-corrected chi connectivity index (χ0v) is 15.8. The molecule has 1 atom stereocenters. The topological polar surface area (TPSA) is 61.4 Å². The van der Waals surface area contributed by atoms with Gasteiger partial charge in [-0.25, -0.2) is 4.98 Å². The molecule has 1 aliphatic rings. The van der Waals surface area contributed by atoms with E-state index in [1.807, 2.05) is 42.6 Å². The van der Waals surface area contributed by atoms with Gasteiger partial charge >= 0.3 is 0 Å². The Morgan fingerprint density at radius 3 is 2.74 bits per heavy atom. The number of fused-ring (bicyclic) bond motifs is 1. The van der Waals surface area contributed by atoms with Gasteiger partial charge in [0.05, 0.1) is 6.10 Å². The first-order chi connectivity index (χ1) is 13.2. The Kier molecular flexibility index (Phi) is 5.53. The molecule has 1 aliphatic heterocycles. The summed E-state index contributed by atoms with van der Waals surface area (Å²) in [7, 11) is 2.06. The third kappa shape index (κ3) is 4.05. The van der Waals surface area contributed by atoms with Crippen molar-refractivity contribution in [1.82, 2.24) is 14.9 Å². The number of likely N-dealkylation sites (N-methyl/N-ethyl adjacent to an activating group) is 1. The average Bonchev–Trinajstić information content (AvgIpc) is 3.08. The first-order valence-electron chi connectivity index (χ1n) is 9.67. The molecule has 0 unspecified atom stereocenters. The Morgan fingerprint density at radius 2 is 1.96 bits per heavy atom. The zero-order chi connectivity index (χ0) is 18.6.